The summed E-state index contributed by atoms with van der Waals surface area (Å²) >= 11 is 3.04. The molecule has 0 saturated heterocycles. The molecule has 0 rings (SSSR count). The molecule has 0 aromatic rings. The van der Waals surface area contributed by atoms with Gasteiger partial charge in [0.15, 0.2) is 0 Å². The molecule has 0 aliphatic rings. The van der Waals surface area contributed by atoms with Gasteiger partial charge in [-0.05, 0) is 48.7 Å². The molecule has 0 aromatic carbocycles. The summed E-state index contributed by atoms with van der Waals surface area (Å²) in [6, 6.07) is -3.55. The van der Waals surface area contributed by atoms with E-state index < -0.39 is 47.9 Å². The van der Waals surface area contributed by atoms with E-state index in [9.17, 15) is 24.3 Å². The van der Waals surface area contributed by atoms with Crippen LogP contribution in [0.2, 0.25) is 0 Å². The highest BCUT2D eigenvalue weighted by Crippen LogP contribution is 2.08. The maximum Gasteiger partial charge on any atom is 0.326 e. The molecule has 0 spiro atoms. The van der Waals surface area contributed by atoms with Gasteiger partial charge >= 0.3 is 5.97 Å². The Labute approximate surface area is 193 Å². The summed E-state index contributed by atoms with van der Waals surface area (Å²) in [5.74, 6) is -1.78. The van der Waals surface area contributed by atoms with Crippen LogP contribution in [-0.4, -0.2) is 77.0 Å². The fourth-order valence-electron chi connectivity index (χ4n) is 2.62. The van der Waals surface area contributed by atoms with Crippen molar-refractivity contribution in [2.45, 2.75) is 64.7 Å². The maximum absolute atomic E-state index is 12.9. The molecule has 9 nitrogen and oxygen atoms in total. The van der Waals surface area contributed by atoms with Crippen molar-refractivity contribution >= 4 is 47.2 Å². The van der Waals surface area contributed by atoms with Gasteiger partial charge in [-0.2, -0.15) is 23.5 Å². The molecule has 6 N–H and O–H groups in total. The van der Waals surface area contributed by atoms with Crippen molar-refractivity contribution in [3.05, 3.63) is 0 Å². The lowest BCUT2D eigenvalue weighted by molar-refractivity contribution is -0.143. The predicted octanol–water partition coefficient (Wildman–Crippen LogP) is 0.671. The van der Waals surface area contributed by atoms with Gasteiger partial charge in [-0.15, -0.1) is 0 Å². The Morgan fingerprint density at radius 1 is 0.774 bits per heavy atom. The summed E-state index contributed by atoms with van der Waals surface area (Å²) in [4.78, 5) is 49.5. The first-order chi connectivity index (χ1) is 14.5. The molecule has 180 valence electrons. The quantitative estimate of drug-likeness (QED) is 0.230. The van der Waals surface area contributed by atoms with E-state index in [4.69, 9.17) is 5.73 Å². The molecule has 31 heavy (non-hydrogen) atoms. The lowest BCUT2D eigenvalue weighted by atomic mass is 10.0. The van der Waals surface area contributed by atoms with Gasteiger partial charge in [0.05, 0.1) is 6.04 Å². The van der Waals surface area contributed by atoms with Crippen LogP contribution in [0.3, 0.4) is 0 Å². The Kier molecular flexibility index (Phi) is 14.6. The van der Waals surface area contributed by atoms with E-state index in [1.165, 1.54) is 23.5 Å². The van der Waals surface area contributed by atoms with E-state index in [-0.39, 0.29) is 11.8 Å². The molecule has 0 saturated carbocycles. The van der Waals surface area contributed by atoms with Crippen LogP contribution in [0, 0.1) is 11.8 Å². The minimum atomic E-state index is -1.13. The third-order valence-electron chi connectivity index (χ3n) is 4.74. The second-order valence-corrected chi connectivity index (χ2v) is 9.99. The molecule has 0 aromatic heterocycles. The number of rotatable bonds is 15. The number of nitrogens with one attached hydrogen (secondary N) is 3. The van der Waals surface area contributed by atoms with Gasteiger partial charge in [0.1, 0.15) is 18.1 Å². The standard InChI is InChI=1S/C20H38N4O5S2/c1-11(2)15(21)19(27)23-13(7-9-30-5)17(25)22-14(8-10-31-6)18(26)24-16(12(3)4)20(28)29/h11-16H,7-10,21H2,1-6H3,(H,22,25)(H,23,27)(H,24,26)(H,28,29). The van der Waals surface area contributed by atoms with Crippen molar-refractivity contribution in [2.75, 3.05) is 24.0 Å². The molecular weight excluding hydrogens is 440 g/mol. The molecule has 4 atom stereocenters. The molecular formula is C20H38N4O5S2. The lowest BCUT2D eigenvalue weighted by Gasteiger charge is -2.26. The molecule has 0 radical (unpaired) electrons. The monoisotopic (exact) mass is 478 g/mol. The van der Waals surface area contributed by atoms with Crippen molar-refractivity contribution < 1.29 is 24.3 Å². The third-order valence-corrected chi connectivity index (χ3v) is 6.03. The number of aliphatic carboxylic acids is 1. The van der Waals surface area contributed by atoms with Gasteiger partial charge in [-0.3, -0.25) is 14.4 Å². The van der Waals surface area contributed by atoms with Gasteiger partial charge in [0.2, 0.25) is 17.7 Å². The highest BCUT2D eigenvalue weighted by atomic mass is 32.2. The Morgan fingerprint density at radius 3 is 1.55 bits per heavy atom. The van der Waals surface area contributed by atoms with Gasteiger partial charge in [-0.25, -0.2) is 4.79 Å². The van der Waals surface area contributed by atoms with Gasteiger partial charge in [0, 0.05) is 0 Å². The molecule has 0 aliphatic heterocycles. The van der Waals surface area contributed by atoms with Gasteiger partial charge < -0.3 is 26.8 Å². The van der Waals surface area contributed by atoms with Crippen LogP contribution < -0.4 is 21.7 Å². The molecule has 0 fully saturated rings. The Morgan fingerprint density at radius 2 is 1.19 bits per heavy atom. The molecule has 0 aliphatic carbocycles. The molecule has 0 heterocycles. The fraction of sp³-hybridized carbons (Fsp3) is 0.800. The molecule has 4 unspecified atom stereocenters. The number of thioether (sulfide) groups is 2. The average Bonchev–Trinajstić information content (AvgIpc) is 2.70. The van der Waals surface area contributed by atoms with E-state index in [0.717, 1.165) is 0 Å². The minimum Gasteiger partial charge on any atom is -0.480 e. The molecule has 11 heteroatoms. The Hall–Kier alpha value is -1.46. The number of carboxylic acid groups (broad SMARTS) is 1. The van der Waals surface area contributed by atoms with E-state index in [1.807, 2.05) is 26.4 Å². The van der Waals surface area contributed by atoms with Crippen LogP contribution in [0.1, 0.15) is 40.5 Å². The first-order valence-electron chi connectivity index (χ1n) is 10.3. The summed E-state index contributed by atoms with van der Waals surface area (Å²) in [5, 5.41) is 17.2. The van der Waals surface area contributed by atoms with E-state index in [0.29, 0.717) is 24.3 Å². The number of carboxylic acids is 1. The van der Waals surface area contributed by atoms with Gasteiger partial charge in [-0.1, -0.05) is 27.7 Å². The van der Waals surface area contributed by atoms with Crippen molar-refractivity contribution in [3.63, 3.8) is 0 Å². The lowest BCUT2D eigenvalue weighted by Crippen LogP contribution is -2.58. The summed E-state index contributed by atoms with van der Waals surface area (Å²) in [7, 11) is 0. The SMILES string of the molecule is CSCCC(NC(=O)C(CCSC)NC(=O)C(N)C(C)C)C(=O)NC(C(=O)O)C(C)C. The summed E-state index contributed by atoms with van der Waals surface area (Å²) in [6.07, 6.45) is 4.48. The van der Waals surface area contributed by atoms with E-state index >= 15 is 0 Å². The number of hydrogen-bond donors (Lipinski definition) is 5. The zero-order chi connectivity index (χ0) is 24.1. The van der Waals surface area contributed by atoms with E-state index in [1.54, 1.807) is 13.8 Å². The molecule has 0 bridgehead atoms. The van der Waals surface area contributed by atoms with Crippen molar-refractivity contribution in [1.82, 2.24) is 16.0 Å². The van der Waals surface area contributed by atoms with Gasteiger partial charge in [0.25, 0.3) is 0 Å². The number of carbonyl (C=O) groups is 4. The summed E-state index contributed by atoms with van der Waals surface area (Å²) in [6.45, 7) is 7.02. The predicted molar refractivity (Wildman–Crippen MR) is 127 cm³/mol. The second kappa shape index (κ2) is 15.4. The minimum absolute atomic E-state index is 0.0895. The maximum atomic E-state index is 12.9. The van der Waals surface area contributed by atoms with Crippen molar-refractivity contribution in [3.8, 4) is 0 Å². The zero-order valence-electron chi connectivity index (χ0n) is 19.3. The third kappa shape index (κ3) is 11.1. The van der Waals surface area contributed by atoms with Crippen LogP contribution in [0.5, 0.6) is 0 Å². The largest absolute Gasteiger partial charge is 0.480 e. The highest BCUT2D eigenvalue weighted by Gasteiger charge is 2.31. The zero-order valence-corrected chi connectivity index (χ0v) is 20.9. The van der Waals surface area contributed by atoms with Crippen molar-refractivity contribution in [1.29, 1.82) is 0 Å². The van der Waals surface area contributed by atoms with Crippen molar-refractivity contribution in [2.24, 2.45) is 17.6 Å². The number of nitrogens with two attached hydrogens (primary N) is 1. The fourth-order valence-corrected chi connectivity index (χ4v) is 3.56. The molecule has 3 amide bonds. The summed E-state index contributed by atoms with van der Waals surface area (Å²) in [5.41, 5.74) is 5.89. The highest BCUT2D eigenvalue weighted by molar-refractivity contribution is 7.98. The van der Waals surface area contributed by atoms with Crippen LogP contribution in [0.25, 0.3) is 0 Å². The first kappa shape index (κ1) is 29.5. The van der Waals surface area contributed by atoms with Crippen LogP contribution >= 0.6 is 23.5 Å². The Balaban J connectivity index is 5.41. The summed E-state index contributed by atoms with van der Waals surface area (Å²) < 4.78 is 0. The van der Waals surface area contributed by atoms with E-state index in [2.05, 4.69) is 16.0 Å². The first-order valence-corrected chi connectivity index (χ1v) is 13.1. The van der Waals surface area contributed by atoms with Crippen LogP contribution in [-0.2, 0) is 19.2 Å². The van der Waals surface area contributed by atoms with Crippen LogP contribution in [0.15, 0.2) is 0 Å². The smallest absolute Gasteiger partial charge is 0.326 e. The topological polar surface area (TPSA) is 151 Å². The number of hydrogen-bond acceptors (Lipinski definition) is 7. The Bertz CT molecular complexity index is 604. The average molecular weight is 479 g/mol. The normalized spacial score (nSPS) is 15.1. The number of carbonyl (C=O) groups excluding carboxylic acids is 3. The number of amides is 3. The van der Waals surface area contributed by atoms with Crippen LogP contribution in [0.4, 0.5) is 0 Å². The second-order valence-electron chi connectivity index (χ2n) is 8.02.